The summed E-state index contributed by atoms with van der Waals surface area (Å²) in [6.45, 7) is 3.05. The summed E-state index contributed by atoms with van der Waals surface area (Å²) < 4.78 is 6.06. The molecule has 1 amide bonds. The lowest BCUT2D eigenvalue weighted by molar-refractivity contribution is -0.116. The number of hydrogen-bond acceptors (Lipinski definition) is 7. The fraction of sp³-hybridized carbons (Fsp3) is 0.211. The molecular formula is C19H17N3O6S. The van der Waals surface area contributed by atoms with Gasteiger partial charge in [0.1, 0.15) is 16.3 Å². The zero-order valence-corrected chi connectivity index (χ0v) is 16.4. The molecule has 0 aliphatic rings. The van der Waals surface area contributed by atoms with Crippen LogP contribution in [-0.4, -0.2) is 39.1 Å². The van der Waals surface area contributed by atoms with Gasteiger partial charge in [-0.3, -0.25) is 14.2 Å². The summed E-state index contributed by atoms with van der Waals surface area (Å²) in [5, 5.41) is 12.0. The predicted molar refractivity (Wildman–Crippen MR) is 107 cm³/mol. The summed E-state index contributed by atoms with van der Waals surface area (Å²) in [4.78, 5) is 52.9. The SMILES string of the molecule is CCOC(=O)c1ccccc1NC(=O)Cn1cnc2sc(C(=O)O)c(C)c2c1=O. The molecule has 2 aromatic heterocycles. The van der Waals surface area contributed by atoms with Crippen molar-refractivity contribution in [3.8, 4) is 0 Å². The van der Waals surface area contributed by atoms with Crippen LogP contribution in [-0.2, 0) is 16.1 Å². The molecule has 0 spiro atoms. The minimum atomic E-state index is -1.13. The van der Waals surface area contributed by atoms with Crippen LogP contribution in [0.2, 0.25) is 0 Å². The number of benzene rings is 1. The van der Waals surface area contributed by atoms with Gasteiger partial charge in [-0.25, -0.2) is 14.6 Å². The van der Waals surface area contributed by atoms with Gasteiger partial charge in [-0.1, -0.05) is 12.1 Å². The molecule has 0 saturated heterocycles. The Morgan fingerprint density at radius 1 is 1.28 bits per heavy atom. The first-order chi connectivity index (χ1) is 13.8. The van der Waals surface area contributed by atoms with E-state index in [1.54, 1.807) is 25.1 Å². The second-order valence-electron chi connectivity index (χ2n) is 6.03. The maximum Gasteiger partial charge on any atom is 0.346 e. The molecule has 0 aliphatic carbocycles. The van der Waals surface area contributed by atoms with Gasteiger partial charge < -0.3 is 15.2 Å². The number of para-hydroxylation sites is 1. The number of hydrogen-bond donors (Lipinski definition) is 2. The number of carboxylic acid groups (broad SMARTS) is 1. The maximum absolute atomic E-state index is 12.7. The van der Waals surface area contributed by atoms with E-state index in [4.69, 9.17) is 4.74 Å². The highest BCUT2D eigenvalue weighted by Gasteiger charge is 2.20. The Morgan fingerprint density at radius 2 is 2.00 bits per heavy atom. The van der Waals surface area contributed by atoms with Crippen molar-refractivity contribution in [3.63, 3.8) is 0 Å². The van der Waals surface area contributed by atoms with Crippen molar-refractivity contribution < 1.29 is 24.2 Å². The number of aromatic nitrogens is 2. The fourth-order valence-electron chi connectivity index (χ4n) is 2.80. The predicted octanol–water partition coefficient (Wildman–Crippen LogP) is 2.28. The van der Waals surface area contributed by atoms with Gasteiger partial charge >= 0.3 is 11.9 Å². The third-order valence-electron chi connectivity index (χ3n) is 4.12. The van der Waals surface area contributed by atoms with Crippen LogP contribution in [0.3, 0.4) is 0 Å². The Bertz CT molecular complexity index is 1180. The molecule has 0 saturated carbocycles. The quantitative estimate of drug-likeness (QED) is 0.591. The van der Waals surface area contributed by atoms with Gasteiger partial charge in [-0.2, -0.15) is 0 Å². The molecule has 0 fully saturated rings. The molecule has 0 radical (unpaired) electrons. The van der Waals surface area contributed by atoms with Crippen LogP contribution in [0.15, 0.2) is 35.4 Å². The highest BCUT2D eigenvalue weighted by atomic mass is 32.1. The number of carbonyl (C=O) groups is 3. The summed E-state index contributed by atoms with van der Waals surface area (Å²) >= 11 is 0.910. The van der Waals surface area contributed by atoms with Crippen LogP contribution >= 0.6 is 11.3 Å². The zero-order valence-electron chi connectivity index (χ0n) is 15.6. The van der Waals surface area contributed by atoms with Crippen LogP contribution in [0.5, 0.6) is 0 Å². The number of anilines is 1. The summed E-state index contributed by atoms with van der Waals surface area (Å²) in [6.07, 6.45) is 1.20. The lowest BCUT2D eigenvalue weighted by Gasteiger charge is -2.11. The number of aryl methyl sites for hydroxylation is 1. The summed E-state index contributed by atoms with van der Waals surface area (Å²) in [7, 11) is 0. The number of esters is 1. The summed E-state index contributed by atoms with van der Waals surface area (Å²) in [6, 6.07) is 6.37. The fourth-order valence-corrected chi connectivity index (χ4v) is 3.78. The molecule has 9 nitrogen and oxygen atoms in total. The van der Waals surface area contributed by atoms with Gasteiger partial charge in [-0.05, 0) is 31.5 Å². The van der Waals surface area contributed by atoms with Gasteiger partial charge in [0.05, 0.1) is 29.6 Å². The molecule has 29 heavy (non-hydrogen) atoms. The molecule has 3 aromatic rings. The largest absolute Gasteiger partial charge is 0.477 e. The van der Waals surface area contributed by atoms with Crippen molar-refractivity contribution in [2.24, 2.45) is 0 Å². The summed E-state index contributed by atoms with van der Waals surface area (Å²) in [5.41, 5.74) is 0.267. The number of ether oxygens (including phenoxy) is 1. The first-order valence-corrected chi connectivity index (χ1v) is 9.43. The molecule has 1 aromatic carbocycles. The molecule has 0 bridgehead atoms. The van der Waals surface area contributed by atoms with E-state index in [0.29, 0.717) is 10.4 Å². The Morgan fingerprint density at radius 3 is 2.69 bits per heavy atom. The minimum Gasteiger partial charge on any atom is -0.477 e. The molecule has 2 N–H and O–H groups in total. The number of amides is 1. The van der Waals surface area contributed by atoms with Gasteiger partial charge in [0.2, 0.25) is 5.91 Å². The van der Waals surface area contributed by atoms with E-state index in [1.807, 2.05) is 0 Å². The number of aromatic carboxylic acids is 1. The number of fused-ring (bicyclic) bond motifs is 1. The molecule has 10 heteroatoms. The monoisotopic (exact) mass is 415 g/mol. The first-order valence-electron chi connectivity index (χ1n) is 8.61. The lowest BCUT2D eigenvalue weighted by atomic mass is 10.2. The van der Waals surface area contributed by atoms with E-state index in [2.05, 4.69) is 10.3 Å². The minimum absolute atomic E-state index is 0.0372. The van der Waals surface area contributed by atoms with Crippen molar-refractivity contribution in [1.29, 1.82) is 0 Å². The van der Waals surface area contributed by atoms with Gasteiger partial charge in [-0.15, -0.1) is 11.3 Å². The number of carboxylic acids is 1. The highest BCUT2D eigenvalue weighted by molar-refractivity contribution is 7.20. The maximum atomic E-state index is 12.7. The van der Waals surface area contributed by atoms with E-state index < -0.39 is 23.4 Å². The molecule has 0 unspecified atom stereocenters. The Labute approximate surface area is 168 Å². The lowest BCUT2D eigenvalue weighted by Crippen LogP contribution is -2.28. The van der Waals surface area contributed by atoms with Crippen molar-refractivity contribution in [2.45, 2.75) is 20.4 Å². The highest BCUT2D eigenvalue weighted by Crippen LogP contribution is 2.26. The van der Waals surface area contributed by atoms with Gasteiger partial charge in [0.25, 0.3) is 5.56 Å². The smallest absolute Gasteiger partial charge is 0.346 e. The van der Waals surface area contributed by atoms with Gasteiger partial charge in [0.15, 0.2) is 0 Å². The third-order valence-corrected chi connectivity index (χ3v) is 5.31. The van der Waals surface area contributed by atoms with Crippen molar-refractivity contribution in [1.82, 2.24) is 9.55 Å². The normalized spacial score (nSPS) is 10.7. The molecule has 0 aliphatic heterocycles. The average molecular weight is 415 g/mol. The average Bonchev–Trinajstić information content (AvgIpc) is 3.02. The third kappa shape index (κ3) is 4.02. The van der Waals surface area contributed by atoms with E-state index >= 15 is 0 Å². The molecule has 150 valence electrons. The first kappa shape index (κ1) is 20.2. The molecule has 3 rings (SSSR count). The summed E-state index contributed by atoms with van der Waals surface area (Å²) in [5.74, 6) is -2.25. The van der Waals surface area contributed by atoms with Crippen LogP contribution in [0.1, 0.15) is 32.5 Å². The second kappa shape index (κ2) is 8.23. The van der Waals surface area contributed by atoms with Crippen LogP contribution < -0.4 is 10.9 Å². The Kier molecular flexibility index (Phi) is 5.74. The second-order valence-corrected chi connectivity index (χ2v) is 7.03. The Balaban J connectivity index is 1.87. The van der Waals surface area contributed by atoms with E-state index in [-0.39, 0.29) is 34.7 Å². The molecule has 0 atom stereocenters. The number of nitrogens with one attached hydrogen (secondary N) is 1. The van der Waals surface area contributed by atoms with Crippen molar-refractivity contribution in [3.05, 3.63) is 57.0 Å². The molecule has 2 heterocycles. The van der Waals surface area contributed by atoms with Gasteiger partial charge in [0, 0.05) is 0 Å². The number of rotatable bonds is 6. The van der Waals surface area contributed by atoms with E-state index in [0.717, 1.165) is 15.9 Å². The van der Waals surface area contributed by atoms with Crippen LogP contribution in [0, 0.1) is 6.92 Å². The van der Waals surface area contributed by atoms with E-state index in [1.165, 1.54) is 19.3 Å². The Hall–Kier alpha value is -3.53. The van der Waals surface area contributed by atoms with Crippen LogP contribution in [0.4, 0.5) is 5.69 Å². The standard InChI is InChI=1S/C19H17N3O6S/c1-3-28-19(27)11-6-4-5-7-12(11)21-13(23)8-22-9-20-16-14(17(22)24)10(2)15(29-16)18(25)26/h4-7,9H,3,8H2,1-2H3,(H,21,23)(H,25,26). The van der Waals surface area contributed by atoms with Crippen molar-refractivity contribution >= 4 is 45.1 Å². The van der Waals surface area contributed by atoms with Crippen LogP contribution in [0.25, 0.3) is 10.2 Å². The number of nitrogens with zero attached hydrogens (tertiary/aromatic N) is 2. The topological polar surface area (TPSA) is 128 Å². The molecular weight excluding hydrogens is 398 g/mol. The number of carbonyl (C=O) groups excluding carboxylic acids is 2. The number of thiophene rings is 1. The van der Waals surface area contributed by atoms with Crippen molar-refractivity contribution in [2.75, 3.05) is 11.9 Å². The van der Waals surface area contributed by atoms with E-state index in [9.17, 15) is 24.3 Å². The zero-order chi connectivity index (χ0) is 21.1.